The lowest BCUT2D eigenvalue weighted by molar-refractivity contribution is -0.142. The molecule has 43 heteroatoms. The molecule has 36 nitrogen and oxygen atoms in total. The van der Waals surface area contributed by atoms with Crippen LogP contribution >= 0.6 is 0 Å². The highest BCUT2D eigenvalue weighted by Crippen LogP contribution is 2.36. The van der Waals surface area contributed by atoms with Crippen molar-refractivity contribution in [1.82, 2.24) is 88.6 Å². The summed E-state index contributed by atoms with van der Waals surface area (Å²) in [5.74, 6) is -1.48. The van der Waals surface area contributed by atoms with Gasteiger partial charge in [0, 0.05) is 130 Å². The van der Waals surface area contributed by atoms with E-state index in [1.165, 1.54) is 136 Å². The Labute approximate surface area is 845 Å². The van der Waals surface area contributed by atoms with Gasteiger partial charge in [0.2, 0.25) is 0 Å². The van der Waals surface area contributed by atoms with E-state index in [1.54, 1.807) is 133 Å². The largest absolute Gasteiger partial charge is 0.508 e. The molecule has 0 bridgehead atoms. The third kappa shape index (κ3) is 42.0. The number of carbonyl (C=O) groups excluding carboxylic acids is 7. The molecule has 12 aromatic rings. The fourth-order valence-corrected chi connectivity index (χ4v) is 12.7. The van der Waals surface area contributed by atoms with Crippen LogP contribution < -0.4 is 15.4 Å². The monoisotopic (exact) mass is 2040 g/mol. The molecule has 1 aliphatic rings. The number of aryl methyl sites for hydroxylation is 5. The fraction of sp³-hybridized carbons (Fsp3) is 0.337. The number of aromatic hydroxyl groups is 1. The van der Waals surface area contributed by atoms with Crippen molar-refractivity contribution in [2.24, 2.45) is 0 Å². The first-order chi connectivity index (χ1) is 69.3. The number of nitrogens with one attached hydrogen (secondary N) is 2. The lowest BCUT2D eigenvalue weighted by atomic mass is 9.93. The molecule has 780 valence electrons. The Kier molecular flexibility index (Phi) is 43.5. The summed E-state index contributed by atoms with van der Waals surface area (Å²) in [5, 5.41) is 41.8. The number of phenols is 1. The Hall–Kier alpha value is -16.7. The summed E-state index contributed by atoms with van der Waals surface area (Å²) < 4.78 is 139. The molecule has 1 aliphatic carbocycles. The van der Waals surface area contributed by atoms with Gasteiger partial charge in [0.15, 0.2) is 34.9 Å². The molecular formula is C104H119F7N20O16. The average Bonchev–Trinajstić information content (AvgIpc) is 1.81. The van der Waals surface area contributed by atoms with Crippen molar-refractivity contribution >= 4 is 90.4 Å². The molecule has 3 N–H and O–H groups in total. The van der Waals surface area contributed by atoms with Gasteiger partial charge in [-0.2, -0.15) is 26.3 Å². The fourth-order valence-electron chi connectivity index (χ4n) is 12.7. The van der Waals surface area contributed by atoms with E-state index in [2.05, 4.69) is 116 Å². The summed E-state index contributed by atoms with van der Waals surface area (Å²) in [7, 11) is 0. The smallest absolute Gasteiger partial charge is 0.416 e. The topological polar surface area (TPSA) is 422 Å². The van der Waals surface area contributed by atoms with Gasteiger partial charge in [0.05, 0.1) is 66.2 Å². The minimum atomic E-state index is -4.68. The standard InChI is InChI=1S/C21H25N3O5.C19H24N4O2.C18H24N4O2.C16H16F3N3O2.C15H13F4N3O2.C15H17N3O3/c1-14(2)28-19(25)6-8-24-13-22-21(23-24)17-10-16(5)11-18(12-17)27-9-7-20(26)29-15(3)4;1-13(2)25-18(24)7-8-23-12-20-19(22-23)15-9-14(3)10-17(11-15)21-16-5-4-6-16;1-12(2)20-16-9-14(5)8-15(10-16)18-19-11-22(21-18)7-6-17(23)24-13(3)4;1-10(2)24-14(23)4-5-22-9-20-15(21-22)12-6-11(3)7-13(8-12)16(17,18)19;1-9(2)24-13(23)3-4-22-8-20-14(21-22)10-5-11(15(17,18)19)7-12(16)6-10;1-10(2)21-14(20)4-5-18-9-16-15(17-18)12-6-11(3)7-13(19)8-12/h6-15H,1-5H3;7-13,16,21H,4-6H2,1-3H3;6-13,20H,1-5H3;4-10H,1-3H3;3-9H,1-2H3;4-10,19H,1-3H3/b8-6-,9-7+;8-7-;7-6-;5-4-;4-3-;5-4-. The summed E-state index contributed by atoms with van der Waals surface area (Å²) in [6.07, 6.45) is 20.4. The van der Waals surface area contributed by atoms with Crippen LogP contribution in [0.2, 0.25) is 0 Å². The lowest BCUT2D eigenvalue weighted by Gasteiger charge is -2.27. The molecular weight excluding hydrogens is 1920 g/mol. The van der Waals surface area contributed by atoms with Crippen molar-refractivity contribution in [3.8, 4) is 79.8 Å². The Morgan fingerprint density at radius 3 is 0.898 bits per heavy atom. The van der Waals surface area contributed by atoms with Crippen LogP contribution in [0.25, 0.3) is 106 Å². The normalized spacial score (nSPS) is 12.2. The number of benzene rings is 6. The second-order valence-corrected chi connectivity index (χ2v) is 35.2. The zero-order chi connectivity index (χ0) is 108. The lowest BCUT2D eigenvalue weighted by Crippen LogP contribution is -2.26. The number of hydrogen-bond donors (Lipinski definition) is 3. The molecule has 6 aromatic carbocycles. The minimum Gasteiger partial charge on any atom is -0.508 e. The molecule has 0 unspecified atom stereocenters. The molecule has 0 aliphatic heterocycles. The number of ether oxygens (including phenoxy) is 8. The second kappa shape index (κ2) is 55.3. The van der Waals surface area contributed by atoms with Crippen LogP contribution in [0.5, 0.6) is 11.5 Å². The number of hydrogen-bond acceptors (Lipinski definition) is 30. The number of halogens is 7. The van der Waals surface area contributed by atoms with Gasteiger partial charge in [-0.25, -0.2) is 95.9 Å². The number of nitrogens with zero attached hydrogens (tertiary/aromatic N) is 18. The van der Waals surface area contributed by atoms with Gasteiger partial charge >= 0.3 is 54.1 Å². The van der Waals surface area contributed by atoms with Crippen molar-refractivity contribution < 1.29 is 107 Å². The molecule has 0 radical (unpaired) electrons. The summed E-state index contributed by atoms with van der Waals surface area (Å²) in [5.41, 5.74) is 8.28. The summed E-state index contributed by atoms with van der Waals surface area (Å²) in [6, 6.07) is 29.6. The number of esters is 7. The first-order valence-corrected chi connectivity index (χ1v) is 46.4. The zero-order valence-corrected chi connectivity index (χ0v) is 85.0. The SMILES string of the molecule is CC(C)OC(=O)/C=C\n1cnc(-c2cc(F)cc(C(F)(F)F)c2)n1.Cc1cc(-c2ncn(/C=C\C(=O)OC(C)C)n2)cc(C(F)(F)F)c1.Cc1cc(NC(C)C)cc(-c2ncn(/C=C\C(=O)OC(C)C)n2)c1.Cc1cc(NC2CCC2)cc(-c2ncn(/C=C\C(=O)OC(C)C)n2)c1.Cc1cc(O)cc(-c2ncn(/C=C\C(=O)OC(C)C)n2)c1.Cc1cc(O/C=C/C(=O)OC(C)C)cc(-c2ncn(/C=C\C(=O)OC(C)C)n2)c1. The first kappa shape index (κ1) is 116. The van der Waals surface area contributed by atoms with Crippen molar-refractivity contribution in [2.75, 3.05) is 10.6 Å². The molecule has 13 rings (SSSR count). The van der Waals surface area contributed by atoms with Crippen LogP contribution in [0.15, 0.2) is 196 Å². The number of carbonyl (C=O) groups is 7. The second-order valence-electron chi connectivity index (χ2n) is 35.2. The van der Waals surface area contributed by atoms with Crippen molar-refractivity contribution in [2.45, 2.75) is 232 Å². The maximum atomic E-state index is 13.4. The highest BCUT2D eigenvalue weighted by atomic mass is 19.4. The van der Waals surface area contributed by atoms with Crippen LogP contribution in [0.3, 0.4) is 0 Å². The highest BCUT2D eigenvalue weighted by Gasteiger charge is 2.33. The summed E-state index contributed by atoms with van der Waals surface area (Å²) >= 11 is 0. The predicted molar refractivity (Wildman–Crippen MR) is 538 cm³/mol. The zero-order valence-electron chi connectivity index (χ0n) is 85.0. The molecule has 0 atom stereocenters. The van der Waals surface area contributed by atoms with E-state index in [-0.39, 0.29) is 71.3 Å². The van der Waals surface area contributed by atoms with E-state index in [1.807, 2.05) is 65.0 Å². The number of phenolic OH excluding ortho intramolecular Hbond substituents is 1. The third-order valence-corrected chi connectivity index (χ3v) is 18.5. The first-order valence-electron chi connectivity index (χ1n) is 46.4. The van der Waals surface area contributed by atoms with Gasteiger partial charge in [0.25, 0.3) is 0 Å². The maximum absolute atomic E-state index is 13.4. The number of rotatable bonds is 32. The number of aromatic nitrogens is 18. The average molecular weight is 2040 g/mol. The number of alkyl halides is 6. The van der Waals surface area contributed by atoms with E-state index in [4.69, 9.17) is 37.9 Å². The maximum Gasteiger partial charge on any atom is 0.416 e. The van der Waals surface area contributed by atoms with E-state index in [9.17, 15) is 69.4 Å². The molecule has 0 spiro atoms. The van der Waals surface area contributed by atoms with Gasteiger partial charge in [-0.3, -0.25) is 0 Å². The quantitative estimate of drug-likeness (QED) is 0.0116. The molecule has 1 fully saturated rings. The Balaban J connectivity index is 0.000000216. The molecule has 0 saturated heterocycles. The van der Waals surface area contributed by atoms with Gasteiger partial charge in [0.1, 0.15) is 55.3 Å². The van der Waals surface area contributed by atoms with Gasteiger partial charge in [-0.05, 0) is 302 Å². The molecule has 0 amide bonds. The van der Waals surface area contributed by atoms with Crippen LogP contribution in [0.1, 0.15) is 169 Å². The van der Waals surface area contributed by atoms with E-state index >= 15 is 0 Å². The van der Waals surface area contributed by atoms with Gasteiger partial charge < -0.3 is 53.6 Å². The predicted octanol–water partition coefficient (Wildman–Crippen LogP) is 20.3. The highest BCUT2D eigenvalue weighted by molar-refractivity contribution is 5.88. The molecule has 147 heavy (non-hydrogen) atoms. The number of anilines is 2. The van der Waals surface area contributed by atoms with E-state index in [0.717, 1.165) is 91.4 Å². The summed E-state index contributed by atoms with van der Waals surface area (Å²) in [4.78, 5) is 105. The Bertz CT molecular complexity index is 6510. The van der Waals surface area contributed by atoms with Gasteiger partial charge in [-0.1, -0.05) is 0 Å². The van der Waals surface area contributed by atoms with Crippen LogP contribution in [-0.4, -0.2) is 190 Å². The molecule has 6 heterocycles. The van der Waals surface area contributed by atoms with Crippen LogP contribution in [-0.2, 0) is 79.1 Å². The van der Waals surface area contributed by atoms with E-state index < -0.39 is 71.1 Å². The third-order valence-electron chi connectivity index (χ3n) is 18.5. The molecule has 6 aromatic heterocycles. The summed E-state index contributed by atoms with van der Waals surface area (Å²) in [6.45, 7) is 38.3. The Morgan fingerprint density at radius 1 is 0.333 bits per heavy atom. The van der Waals surface area contributed by atoms with Crippen LogP contribution in [0, 0.1) is 40.4 Å². The van der Waals surface area contributed by atoms with E-state index in [0.29, 0.717) is 58.3 Å². The minimum absolute atomic E-state index is 0.109. The van der Waals surface area contributed by atoms with Crippen molar-refractivity contribution in [3.05, 3.63) is 241 Å². The molecule has 1 saturated carbocycles. The van der Waals surface area contributed by atoms with Crippen LogP contribution in [0.4, 0.5) is 42.1 Å². The van der Waals surface area contributed by atoms with Crippen molar-refractivity contribution in [1.29, 1.82) is 0 Å². The van der Waals surface area contributed by atoms with Crippen molar-refractivity contribution in [3.63, 3.8) is 0 Å². The van der Waals surface area contributed by atoms with Gasteiger partial charge in [-0.15, -0.1) is 30.6 Å². The Morgan fingerprint density at radius 2 is 0.599 bits per heavy atom.